The Morgan fingerprint density at radius 1 is 1.07 bits per heavy atom. The highest BCUT2D eigenvalue weighted by Crippen LogP contribution is 2.32. The molecule has 0 bridgehead atoms. The van der Waals surface area contributed by atoms with Gasteiger partial charge in [-0.15, -0.1) is 0 Å². The van der Waals surface area contributed by atoms with Crippen molar-refractivity contribution in [2.45, 2.75) is 6.18 Å². The Kier molecular flexibility index (Phi) is 5.29. The summed E-state index contributed by atoms with van der Waals surface area (Å²) in [6, 6.07) is 10.5. The Morgan fingerprint density at radius 3 is 2.48 bits per heavy atom. The quantitative estimate of drug-likeness (QED) is 0.593. The van der Waals surface area contributed by atoms with E-state index in [-0.39, 0.29) is 16.5 Å². The third-order valence-corrected chi connectivity index (χ3v) is 4.15. The molecule has 10 heteroatoms. The van der Waals surface area contributed by atoms with E-state index in [0.717, 1.165) is 6.07 Å². The summed E-state index contributed by atoms with van der Waals surface area (Å²) in [5.74, 6) is -0.560. The minimum absolute atomic E-state index is 0.00226. The molecule has 0 saturated heterocycles. The fourth-order valence-corrected chi connectivity index (χ4v) is 2.70. The molecule has 0 saturated carbocycles. The average Bonchev–Trinajstić information content (AvgIpc) is 3.09. The zero-order valence-corrected chi connectivity index (χ0v) is 14.9. The highest BCUT2D eigenvalue weighted by molar-refractivity contribution is 6.33. The van der Waals surface area contributed by atoms with Crippen LogP contribution in [0.4, 0.5) is 18.9 Å². The molecule has 0 fully saturated rings. The van der Waals surface area contributed by atoms with E-state index < -0.39 is 17.6 Å². The fraction of sp³-hybridized carbons (Fsp3) is 0.0588. The molecule has 3 rings (SSSR count). The largest absolute Gasteiger partial charge is 0.417 e. The van der Waals surface area contributed by atoms with Gasteiger partial charge < -0.3 is 0 Å². The van der Waals surface area contributed by atoms with Gasteiger partial charge >= 0.3 is 6.18 Å². The number of halogens is 5. The Bertz CT molecular complexity index is 988. The summed E-state index contributed by atoms with van der Waals surface area (Å²) in [5.41, 5.74) is 4.76. The van der Waals surface area contributed by atoms with E-state index in [9.17, 15) is 18.0 Å². The number of para-hydroxylation sites is 1. The van der Waals surface area contributed by atoms with Gasteiger partial charge in [-0.1, -0.05) is 35.3 Å². The predicted octanol–water partition coefficient (Wildman–Crippen LogP) is 4.95. The monoisotopic (exact) mass is 414 g/mol. The van der Waals surface area contributed by atoms with Crippen LogP contribution in [-0.2, 0) is 6.18 Å². The second-order valence-corrected chi connectivity index (χ2v) is 6.16. The highest BCUT2D eigenvalue weighted by Gasteiger charge is 2.32. The first-order chi connectivity index (χ1) is 12.8. The van der Waals surface area contributed by atoms with Crippen LogP contribution in [0.15, 0.2) is 54.9 Å². The van der Waals surface area contributed by atoms with Gasteiger partial charge in [-0.2, -0.15) is 13.2 Å². The van der Waals surface area contributed by atoms with Crippen molar-refractivity contribution in [2.75, 3.05) is 5.43 Å². The molecule has 2 N–H and O–H groups in total. The maximum atomic E-state index is 12.8. The Labute approximate surface area is 161 Å². The van der Waals surface area contributed by atoms with E-state index in [1.807, 2.05) is 0 Å². The molecule has 0 aliphatic carbocycles. The number of alkyl halides is 3. The lowest BCUT2D eigenvalue weighted by molar-refractivity contribution is -0.137. The van der Waals surface area contributed by atoms with Gasteiger partial charge in [-0.3, -0.25) is 20.2 Å². The van der Waals surface area contributed by atoms with Crippen LogP contribution in [-0.4, -0.2) is 15.5 Å². The summed E-state index contributed by atoms with van der Waals surface area (Å²) in [7, 11) is 0. The second kappa shape index (κ2) is 7.50. The number of carbonyl (C=O) groups is 1. The lowest BCUT2D eigenvalue weighted by Crippen LogP contribution is -2.31. The van der Waals surface area contributed by atoms with E-state index in [4.69, 9.17) is 23.2 Å². The van der Waals surface area contributed by atoms with E-state index in [2.05, 4.69) is 15.8 Å². The summed E-state index contributed by atoms with van der Waals surface area (Å²) >= 11 is 11.9. The van der Waals surface area contributed by atoms with E-state index >= 15 is 0 Å². The number of anilines is 1. The number of hydrogen-bond acceptors (Lipinski definition) is 3. The first-order valence-corrected chi connectivity index (χ1v) is 8.24. The topological polar surface area (TPSA) is 59.0 Å². The second-order valence-electron chi connectivity index (χ2n) is 5.35. The van der Waals surface area contributed by atoms with Gasteiger partial charge in [0.2, 0.25) is 0 Å². The van der Waals surface area contributed by atoms with Crippen LogP contribution in [0.1, 0.15) is 16.1 Å². The van der Waals surface area contributed by atoms with Crippen LogP contribution < -0.4 is 10.9 Å². The van der Waals surface area contributed by atoms with Crippen LogP contribution >= 0.6 is 23.2 Å². The van der Waals surface area contributed by atoms with Crippen LogP contribution in [0.3, 0.4) is 0 Å². The predicted molar refractivity (Wildman–Crippen MR) is 96.1 cm³/mol. The standard InChI is InChI=1S/C17H11Cl2F3N4O/c18-11-4-1-2-5-13(11)24-25-16(27)14-6-3-7-26(14)15-12(19)8-10(9-23-15)17(20,21)22/h1-9,24H,(H,25,27). The van der Waals surface area contributed by atoms with Gasteiger partial charge in [0.15, 0.2) is 5.82 Å². The normalized spacial score (nSPS) is 11.3. The molecule has 0 unspecified atom stereocenters. The van der Waals surface area contributed by atoms with Crippen molar-refractivity contribution in [1.82, 2.24) is 15.0 Å². The number of amides is 1. The lowest BCUT2D eigenvalue weighted by Gasteiger charge is -2.13. The number of hydrogen-bond donors (Lipinski definition) is 2. The molecule has 0 radical (unpaired) electrons. The van der Waals surface area contributed by atoms with Crippen molar-refractivity contribution < 1.29 is 18.0 Å². The number of carbonyl (C=O) groups excluding carboxylic acids is 1. The smallest absolute Gasteiger partial charge is 0.297 e. The molecule has 140 valence electrons. The molecule has 2 heterocycles. The van der Waals surface area contributed by atoms with Gasteiger partial charge in [0.1, 0.15) is 5.69 Å². The summed E-state index contributed by atoms with van der Waals surface area (Å²) in [4.78, 5) is 16.2. The van der Waals surface area contributed by atoms with Crippen molar-refractivity contribution in [3.05, 3.63) is 76.2 Å². The summed E-state index contributed by atoms with van der Waals surface area (Å²) in [6.07, 6.45) is -2.44. The Balaban J connectivity index is 1.84. The van der Waals surface area contributed by atoms with Crippen molar-refractivity contribution >= 4 is 34.8 Å². The van der Waals surface area contributed by atoms with Crippen LogP contribution in [0, 0.1) is 0 Å². The number of nitrogens with zero attached hydrogens (tertiary/aromatic N) is 2. The number of nitrogens with one attached hydrogen (secondary N) is 2. The fourth-order valence-electron chi connectivity index (χ4n) is 2.26. The first kappa shape index (κ1) is 19.1. The highest BCUT2D eigenvalue weighted by atomic mass is 35.5. The zero-order chi connectivity index (χ0) is 19.6. The van der Waals surface area contributed by atoms with Crippen LogP contribution in [0.2, 0.25) is 10.0 Å². The molecular formula is C17H11Cl2F3N4O. The summed E-state index contributed by atoms with van der Waals surface area (Å²) in [5, 5.41) is 0.162. The minimum Gasteiger partial charge on any atom is -0.297 e. The van der Waals surface area contributed by atoms with Gasteiger partial charge in [0, 0.05) is 12.4 Å². The van der Waals surface area contributed by atoms with Gasteiger partial charge in [-0.25, -0.2) is 4.98 Å². The maximum absolute atomic E-state index is 12.8. The number of hydrazine groups is 1. The third kappa shape index (κ3) is 4.17. The van der Waals surface area contributed by atoms with Gasteiger partial charge in [0.05, 0.1) is 21.3 Å². The number of pyridine rings is 1. The molecule has 2 aromatic heterocycles. The average molecular weight is 415 g/mol. The zero-order valence-electron chi connectivity index (χ0n) is 13.4. The molecule has 0 atom stereocenters. The number of rotatable bonds is 4. The molecule has 3 aromatic rings. The third-order valence-electron chi connectivity index (χ3n) is 3.54. The van der Waals surface area contributed by atoms with Gasteiger partial charge in [-0.05, 0) is 30.3 Å². The van der Waals surface area contributed by atoms with Crippen LogP contribution in [0.25, 0.3) is 5.82 Å². The lowest BCUT2D eigenvalue weighted by atomic mass is 10.2. The van der Waals surface area contributed by atoms with Crippen molar-refractivity contribution in [3.8, 4) is 5.82 Å². The number of benzene rings is 1. The van der Waals surface area contributed by atoms with Crippen molar-refractivity contribution in [3.63, 3.8) is 0 Å². The molecule has 5 nitrogen and oxygen atoms in total. The summed E-state index contributed by atoms with van der Waals surface area (Å²) in [6.45, 7) is 0. The first-order valence-electron chi connectivity index (χ1n) is 7.48. The van der Waals surface area contributed by atoms with E-state index in [1.165, 1.54) is 16.8 Å². The van der Waals surface area contributed by atoms with E-state index in [1.54, 1.807) is 30.3 Å². The molecule has 0 spiro atoms. The van der Waals surface area contributed by atoms with Crippen LogP contribution in [0.5, 0.6) is 0 Å². The minimum atomic E-state index is -4.56. The molecule has 0 aliphatic heterocycles. The SMILES string of the molecule is O=C(NNc1ccccc1Cl)c1cccn1-c1ncc(C(F)(F)F)cc1Cl. The van der Waals surface area contributed by atoms with Crippen molar-refractivity contribution in [1.29, 1.82) is 0 Å². The molecular weight excluding hydrogens is 404 g/mol. The Hall–Kier alpha value is -2.71. The number of aromatic nitrogens is 2. The molecule has 1 amide bonds. The Morgan fingerprint density at radius 2 is 1.81 bits per heavy atom. The molecule has 1 aromatic carbocycles. The molecule has 27 heavy (non-hydrogen) atoms. The molecule has 0 aliphatic rings. The summed E-state index contributed by atoms with van der Waals surface area (Å²) < 4.78 is 39.5. The maximum Gasteiger partial charge on any atom is 0.417 e. The van der Waals surface area contributed by atoms with Gasteiger partial charge in [0.25, 0.3) is 5.91 Å². The van der Waals surface area contributed by atoms with Crippen molar-refractivity contribution in [2.24, 2.45) is 0 Å². The van der Waals surface area contributed by atoms with E-state index in [0.29, 0.717) is 16.9 Å².